The van der Waals surface area contributed by atoms with Crippen LogP contribution in [0.3, 0.4) is 0 Å². The van der Waals surface area contributed by atoms with E-state index in [-0.39, 0.29) is 36.9 Å². The fourth-order valence-electron chi connectivity index (χ4n) is 2.62. The number of amides is 3. The lowest BCUT2D eigenvalue weighted by atomic mass is 10.1. The Hall–Kier alpha value is -2.23. The van der Waals surface area contributed by atoms with Crippen molar-refractivity contribution >= 4 is 54.9 Å². The Kier molecular flexibility index (Phi) is 16.1. The van der Waals surface area contributed by atoms with E-state index in [4.69, 9.17) is 22.9 Å². The predicted octanol–water partition coefficient (Wildman–Crippen LogP) is -3.11. The van der Waals surface area contributed by atoms with Crippen LogP contribution in [0.1, 0.15) is 32.1 Å². The van der Waals surface area contributed by atoms with Gasteiger partial charge in [0, 0.05) is 18.1 Å². The fraction of sp³-hybridized carbons (Fsp3) is 0.722. The first-order valence-electron chi connectivity index (χ1n) is 10.4. The van der Waals surface area contributed by atoms with Crippen LogP contribution in [0.5, 0.6) is 0 Å². The number of guanidine groups is 1. The van der Waals surface area contributed by atoms with E-state index < -0.39 is 47.9 Å². The number of hydrogen-bond acceptors (Lipinski definition) is 9. The molecule has 4 unspecified atom stereocenters. The minimum atomic E-state index is -1.20. The molecule has 0 aliphatic rings. The van der Waals surface area contributed by atoms with Crippen LogP contribution < -0.4 is 38.9 Å². The van der Waals surface area contributed by atoms with Crippen molar-refractivity contribution in [3.63, 3.8) is 0 Å². The van der Waals surface area contributed by atoms with E-state index in [9.17, 15) is 24.3 Å². The Morgan fingerprint density at radius 1 is 0.818 bits per heavy atom. The lowest BCUT2D eigenvalue weighted by molar-refractivity contribution is -0.142. The van der Waals surface area contributed by atoms with E-state index in [0.29, 0.717) is 25.8 Å². The number of nitrogens with two attached hydrogens (primary N) is 4. The Labute approximate surface area is 204 Å². The van der Waals surface area contributed by atoms with Gasteiger partial charge in [0.25, 0.3) is 0 Å². The summed E-state index contributed by atoms with van der Waals surface area (Å²) in [5.41, 5.74) is 21.6. The second-order valence-electron chi connectivity index (χ2n) is 7.23. The number of thiol groups is 2. The van der Waals surface area contributed by atoms with Crippen molar-refractivity contribution in [3.05, 3.63) is 0 Å². The average Bonchev–Trinajstić information content (AvgIpc) is 2.77. The van der Waals surface area contributed by atoms with Gasteiger partial charge in [-0.1, -0.05) is 0 Å². The zero-order chi connectivity index (χ0) is 25.4. The molecule has 15 heteroatoms. The van der Waals surface area contributed by atoms with E-state index in [1.54, 1.807) is 0 Å². The molecule has 0 aliphatic carbocycles. The maximum absolute atomic E-state index is 12.8. The van der Waals surface area contributed by atoms with Crippen molar-refractivity contribution in [2.45, 2.75) is 56.3 Å². The van der Waals surface area contributed by atoms with Crippen LogP contribution in [-0.2, 0) is 19.2 Å². The van der Waals surface area contributed by atoms with Gasteiger partial charge in [0.15, 0.2) is 5.96 Å². The van der Waals surface area contributed by atoms with Crippen LogP contribution in [0.2, 0.25) is 0 Å². The highest BCUT2D eigenvalue weighted by Crippen LogP contribution is 2.05. The summed E-state index contributed by atoms with van der Waals surface area (Å²) in [5, 5.41) is 16.8. The maximum atomic E-state index is 12.8. The molecule has 33 heavy (non-hydrogen) atoms. The minimum Gasteiger partial charge on any atom is -0.480 e. The summed E-state index contributed by atoms with van der Waals surface area (Å²) in [5.74, 6) is -3.28. The van der Waals surface area contributed by atoms with Gasteiger partial charge in [-0.2, -0.15) is 25.3 Å². The second kappa shape index (κ2) is 17.3. The van der Waals surface area contributed by atoms with Crippen LogP contribution >= 0.6 is 25.3 Å². The highest BCUT2D eigenvalue weighted by Gasteiger charge is 2.29. The molecule has 0 fully saturated rings. The molecule has 12 N–H and O–H groups in total. The zero-order valence-corrected chi connectivity index (χ0v) is 20.2. The Bertz CT molecular complexity index is 678. The number of rotatable bonds is 17. The monoisotopic (exact) mass is 508 g/mol. The fourth-order valence-corrected chi connectivity index (χ4v) is 3.05. The van der Waals surface area contributed by atoms with Crippen LogP contribution in [-0.4, -0.2) is 83.5 Å². The van der Waals surface area contributed by atoms with E-state index >= 15 is 0 Å². The number of unbranched alkanes of at least 4 members (excludes halogenated alkanes) is 1. The zero-order valence-electron chi connectivity index (χ0n) is 18.4. The number of aliphatic carboxylic acids is 1. The third-order valence-corrected chi connectivity index (χ3v) is 5.25. The molecule has 0 aromatic rings. The molecule has 0 bridgehead atoms. The molecule has 0 aliphatic heterocycles. The average molecular weight is 509 g/mol. The number of nitrogens with one attached hydrogen (secondary N) is 3. The van der Waals surface area contributed by atoms with Crippen molar-refractivity contribution < 1.29 is 24.3 Å². The van der Waals surface area contributed by atoms with Gasteiger partial charge < -0.3 is 44.0 Å². The Morgan fingerprint density at radius 3 is 1.88 bits per heavy atom. The number of carbonyl (C=O) groups excluding carboxylic acids is 3. The minimum absolute atomic E-state index is 0.0595. The van der Waals surface area contributed by atoms with Crippen molar-refractivity contribution in [3.8, 4) is 0 Å². The van der Waals surface area contributed by atoms with Crippen molar-refractivity contribution in [2.75, 3.05) is 24.6 Å². The first-order valence-corrected chi connectivity index (χ1v) is 11.7. The van der Waals surface area contributed by atoms with Gasteiger partial charge in [0.05, 0.1) is 6.04 Å². The second-order valence-corrected chi connectivity index (χ2v) is 7.96. The molecule has 13 nitrogen and oxygen atoms in total. The first kappa shape index (κ1) is 30.8. The summed E-state index contributed by atoms with van der Waals surface area (Å²) in [6.45, 7) is 0.599. The van der Waals surface area contributed by atoms with Gasteiger partial charge in [-0.05, 0) is 38.6 Å². The number of hydrogen-bond donors (Lipinski definition) is 10. The molecule has 4 atom stereocenters. The van der Waals surface area contributed by atoms with Crippen LogP contribution in [0.15, 0.2) is 4.99 Å². The van der Waals surface area contributed by atoms with Crippen molar-refractivity contribution in [1.29, 1.82) is 0 Å². The molecule has 3 amide bonds. The van der Waals surface area contributed by atoms with E-state index in [2.05, 4.69) is 46.2 Å². The summed E-state index contributed by atoms with van der Waals surface area (Å²) in [6, 6.07) is -4.23. The molecule has 0 aromatic heterocycles. The van der Waals surface area contributed by atoms with Gasteiger partial charge in [-0.3, -0.25) is 19.4 Å². The number of nitrogens with zero attached hydrogens (tertiary/aromatic N) is 1. The standard InChI is InChI=1S/C18H36N8O5S2/c19-6-2-1-4-12(17(30)31)25-15(28)11(5-3-7-23-18(21)22)24-16(29)13(9-33)26-14(27)10(20)8-32/h10-13,32-33H,1-9,19-20H2,(H,24,29)(H,25,28)(H,26,27)(H,30,31)(H4,21,22,23). The van der Waals surface area contributed by atoms with Gasteiger partial charge in [-0.15, -0.1) is 0 Å². The maximum Gasteiger partial charge on any atom is 0.326 e. The van der Waals surface area contributed by atoms with Crippen LogP contribution in [0.4, 0.5) is 0 Å². The molecule has 0 aromatic carbocycles. The Balaban J connectivity index is 5.33. The van der Waals surface area contributed by atoms with Crippen molar-refractivity contribution in [2.24, 2.45) is 27.9 Å². The predicted molar refractivity (Wildman–Crippen MR) is 132 cm³/mol. The number of aliphatic imine (C=N–C) groups is 1. The first-order chi connectivity index (χ1) is 15.6. The van der Waals surface area contributed by atoms with E-state index in [1.807, 2.05) is 0 Å². The highest BCUT2D eigenvalue weighted by atomic mass is 32.1. The van der Waals surface area contributed by atoms with E-state index in [0.717, 1.165) is 0 Å². The van der Waals surface area contributed by atoms with E-state index in [1.165, 1.54) is 0 Å². The molecule has 0 heterocycles. The molecule has 0 saturated heterocycles. The summed E-state index contributed by atoms with van der Waals surface area (Å²) in [4.78, 5) is 52.8. The Morgan fingerprint density at radius 2 is 1.36 bits per heavy atom. The molecule has 190 valence electrons. The summed E-state index contributed by atoms with van der Waals surface area (Å²) >= 11 is 8.01. The largest absolute Gasteiger partial charge is 0.480 e. The number of carboxylic acids is 1. The third kappa shape index (κ3) is 13.2. The lowest BCUT2D eigenvalue weighted by Crippen LogP contribution is -2.57. The number of carbonyl (C=O) groups is 4. The molecule has 0 rings (SSSR count). The molecular formula is C18H36N8O5S2. The number of carboxylic acid groups (broad SMARTS) is 1. The third-order valence-electron chi connectivity index (χ3n) is 4.49. The molecule has 0 spiro atoms. The van der Waals surface area contributed by atoms with Crippen LogP contribution in [0, 0.1) is 0 Å². The topological polar surface area (TPSA) is 241 Å². The van der Waals surface area contributed by atoms with Gasteiger partial charge >= 0.3 is 5.97 Å². The quantitative estimate of drug-likeness (QED) is 0.0413. The smallest absolute Gasteiger partial charge is 0.326 e. The van der Waals surface area contributed by atoms with Gasteiger partial charge in [0.2, 0.25) is 17.7 Å². The van der Waals surface area contributed by atoms with Gasteiger partial charge in [-0.25, -0.2) is 4.79 Å². The van der Waals surface area contributed by atoms with Gasteiger partial charge in [0.1, 0.15) is 18.1 Å². The molecule has 0 radical (unpaired) electrons. The van der Waals surface area contributed by atoms with Crippen molar-refractivity contribution in [1.82, 2.24) is 16.0 Å². The normalized spacial score (nSPS) is 14.3. The SMILES string of the molecule is NCCCCC(NC(=O)C(CCCN=C(N)N)NC(=O)C(CS)NC(=O)C(N)CS)C(=O)O. The molecule has 0 saturated carbocycles. The lowest BCUT2D eigenvalue weighted by Gasteiger charge is -2.24. The summed E-state index contributed by atoms with van der Waals surface area (Å²) in [7, 11) is 0. The summed E-state index contributed by atoms with van der Waals surface area (Å²) < 4.78 is 0. The highest BCUT2D eigenvalue weighted by molar-refractivity contribution is 7.80. The molecular weight excluding hydrogens is 472 g/mol. The summed E-state index contributed by atoms with van der Waals surface area (Å²) in [6.07, 6.45) is 1.74. The van der Waals surface area contributed by atoms with Crippen LogP contribution in [0.25, 0.3) is 0 Å².